The van der Waals surface area contributed by atoms with Gasteiger partial charge in [0.05, 0.1) is 5.69 Å². The summed E-state index contributed by atoms with van der Waals surface area (Å²) < 4.78 is 1.70. The molecule has 0 atom stereocenters. The number of hydrogen-bond acceptors (Lipinski definition) is 3. The van der Waals surface area contributed by atoms with Crippen molar-refractivity contribution in [2.24, 2.45) is 0 Å². The van der Waals surface area contributed by atoms with E-state index in [1.165, 1.54) is 0 Å². The largest absolute Gasteiger partial charge is 0.296 e. The van der Waals surface area contributed by atoms with E-state index in [2.05, 4.69) is 17.2 Å². The Morgan fingerprint density at radius 2 is 2.00 bits per heavy atom. The van der Waals surface area contributed by atoms with Crippen molar-refractivity contribution in [2.75, 3.05) is 0 Å². The molecule has 0 aliphatic carbocycles. The fourth-order valence-electron chi connectivity index (χ4n) is 2.46. The molecule has 1 aromatic heterocycles. The molecule has 0 bridgehead atoms. The Hall–Kier alpha value is -2.46. The molecule has 3 rings (SSSR count). The number of hydrogen-bond donors (Lipinski definition) is 0. The van der Waals surface area contributed by atoms with Gasteiger partial charge in [-0.3, -0.25) is 4.79 Å². The second-order valence-electron chi connectivity index (χ2n) is 4.85. The zero-order valence-electron chi connectivity index (χ0n) is 12.0. The van der Waals surface area contributed by atoms with Crippen molar-refractivity contribution < 1.29 is 4.79 Å². The van der Waals surface area contributed by atoms with Gasteiger partial charge in [0.2, 0.25) is 0 Å². The summed E-state index contributed by atoms with van der Waals surface area (Å²) in [7, 11) is 0. The highest BCUT2D eigenvalue weighted by Crippen LogP contribution is 2.28. The van der Waals surface area contributed by atoms with Crippen molar-refractivity contribution in [3.8, 4) is 16.9 Å². The fourth-order valence-corrected chi connectivity index (χ4v) is 2.65. The molecule has 0 N–H and O–H groups in total. The van der Waals surface area contributed by atoms with E-state index in [-0.39, 0.29) is 0 Å². The minimum absolute atomic E-state index is 0.299. The Balaban J connectivity index is 2.26. The summed E-state index contributed by atoms with van der Waals surface area (Å²) in [6.45, 7) is 2.08. The maximum Gasteiger partial charge on any atom is 0.172 e. The zero-order valence-corrected chi connectivity index (χ0v) is 12.8. The lowest BCUT2D eigenvalue weighted by molar-refractivity contribution is 0.111. The Kier molecular flexibility index (Phi) is 4.02. The van der Waals surface area contributed by atoms with Crippen LogP contribution in [-0.4, -0.2) is 21.3 Å². The smallest absolute Gasteiger partial charge is 0.172 e. The highest BCUT2D eigenvalue weighted by Gasteiger charge is 2.17. The van der Waals surface area contributed by atoms with Crippen LogP contribution in [0.5, 0.6) is 0 Å². The maximum absolute atomic E-state index is 11.3. The number of rotatable bonds is 4. The number of nitrogens with zero attached hydrogens (tertiary/aromatic N) is 3. The Labute approximate surface area is 133 Å². The molecule has 0 aliphatic rings. The van der Waals surface area contributed by atoms with E-state index in [4.69, 9.17) is 11.6 Å². The number of aromatic nitrogens is 3. The summed E-state index contributed by atoms with van der Waals surface area (Å²) in [5.41, 5.74) is 3.81. The molecule has 1 heterocycles. The summed E-state index contributed by atoms with van der Waals surface area (Å²) in [6.07, 6.45) is 1.58. The van der Waals surface area contributed by atoms with Crippen LogP contribution in [0.15, 0.2) is 48.5 Å². The molecule has 22 heavy (non-hydrogen) atoms. The fraction of sp³-hybridized carbons (Fsp3) is 0.118. The maximum atomic E-state index is 11.3. The molecule has 0 saturated carbocycles. The van der Waals surface area contributed by atoms with Crippen molar-refractivity contribution >= 4 is 17.9 Å². The number of para-hydroxylation sites is 1. The first-order valence-electron chi connectivity index (χ1n) is 6.99. The van der Waals surface area contributed by atoms with Gasteiger partial charge in [0.1, 0.15) is 5.69 Å². The lowest BCUT2D eigenvalue weighted by Crippen LogP contribution is -2.03. The number of benzene rings is 2. The minimum atomic E-state index is 0.299. The molecule has 0 unspecified atom stereocenters. The molecule has 4 nitrogen and oxygen atoms in total. The number of carbonyl (C=O) groups is 1. The van der Waals surface area contributed by atoms with Gasteiger partial charge in [-0.2, -0.15) is 0 Å². The molecule has 0 amide bonds. The van der Waals surface area contributed by atoms with Crippen molar-refractivity contribution in [2.45, 2.75) is 13.3 Å². The average molecular weight is 312 g/mol. The quantitative estimate of drug-likeness (QED) is 0.685. The van der Waals surface area contributed by atoms with Crippen LogP contribution in [0.25, 0.3) is 16.9 Å². The predicted octanol–water partition coefficient (Wildman–Crippen LogP) is 3.96. The van der Waals surface area contributed by atoms with Crippen LogP contribution in [0.3, 0.4) is 0 Å². The van der Waals surface area contributed by atoms with E-state index in [9.17, 15) is 4.79 Å². The van der Waals surface area contributed by atoms with Crippen molar-refractivity contribution in [3.63, 3.8) is 0 Å². The third-order valence-corrected chi connectivity index (χ3v) is 3.74. The highest BCUT2D eigenvalue weighted by molar-refractivity contribution is 6.30. The molecule has 2 aromatic carbocycles. The molecule has 0 spiro atoms. The van der Waals surface area contributed by atoms with Crippen LogP contribution in [0.1, 0.15) is 23.0 Å². The molecular weight excluding hydrogens is 298 g/mol. The summed E-state index contributed by atoms with van der Waals surface area (Å²) in [5.74, 6) is 0. The third kappa shape index (κ3) is 2.53. The Morgan fingerprint density at radius 1 is 1.18 bits per heavy atom. The molecule has 0 fully saturated rings. The van der Waals surface area contributed by atoms with E-state index in [1.807, 2.05) is 36.4 Å². The van der Waals surface area contributed by atoms with E-state index in [1.54, 1.807) is 16.8 Å². The van der Waals surface area contributed by atoms with Crippen LogP contribution < -0.4 is 0 Å². The topological polar surface area (TPSA) is 47.8 Å². The minimum Gasteiger partial charge on any atom is -0.296 e. The van der Waals surface area contributed by atoms with Crippen molar-refractivity contribution in [3.05, 3.63) is 64.8 Å². The van der Waals surface area contributed by atoms with Crippen molar-refractivity contribution in [1.29, 1.82) is 0 Å². The van der Waals surface area contributed by atoms with Crippen LogP contribution in [0, 0.1) is 0 Å². The van der Waals surface area contributed by atoms with E-state index in [0.29, 0.717) is 22.7 Å². The number of aryl methyl sites for hydroxylation is 1. The van der Waals surface area contributed by atoms with Gasteiger partial charge in [-0.05, 0) is 30.2 Å². The summed E-state index contributed by atoms with van der Waals surface area (Å²) in [4.78, 5) is 11.3. The number of carbonyl (C=O) groups excluding carboxylic acids is 1. The lowest BCUT2D eigenvalue weighted by atomic mass is 10.1. The monoisotopic (exact) mass is 311 g/mol. The van der Waals surface area contributed by atoms with Gasteiger partial charge in [-0.25, -0.2) is 4.68 Å². The molecule has 5 heteroatoms. The molecule has 0 saturated heterocycles. The first-order chi connectivity index (χ1) is 10.7. The summed E-state index contributed by atoms with van der Waals surface area (Å²) >= 11 is 6.08. The van der Waals surface area contributed by atoms with Crippen LogP contribution in [0.4, 0.5) is 0 Å². The third-order valence-electron chi connectivity index (χ3n) is 3.51. The number of aldehydes is 1. The summed E-state index contributed by atoms with van der Waals surface area (Å²) in [5, 5.41) is 8.76. The van der Waals surface area contributed by atoms with E-state index in [0.717, 1.165) is 23.2 Å². The van der Waals surface area contributed by atoms with Gasteiger partial charge in [-0.15, -0.1) is 5.10 Å². The average Bonchev–Trinajstić information content (AvgIpc) is 2.98. The van der Waals surface area contributed by atoms with E-state index < -0.39 is 0 Å². The molecular formula is C17H14ClN3O. The van der Waals surface area contributed by atoms with Gasteiger partial charge in [-0.1, -0.05) is 54.1 Å². The molecule has 3 aromatic rings. The Morgan fingerprint density at radius 3 is 2.73 bits per heavy atom. The van der Waals surface area contributed by atoms with Gasteiger partial charge < -0.3 is 0 Å². The van der Waals surface area contributed by atoms with Crippen molar-refractivity contribution in [1.82, 2.24) is 15.0 Å². The first-order valence-corrected chi connectivity index (χ1v) is 7.37. The second-order valence-corrected chi connectivity index (χ2v) is 5.28. The van der Waals surface area contributed by atoms with Crippen LogP contribution >= 0.6 is 11.6 Å². The SMILES string of the molecule is CCc1ccccc1-n1nnc(C=O)c1-c1cccc(Cl)c1. The van der Waals surface area contributed by atoms with Crippen LogP contribution in [-0.2, 0) is 6.42 Å². The summed E-state index contributed by atoms with van der Waals surface area (Å²) in [6, 6.07) is 15.3. The first kappa shape index (κ1) is 14.5. The Bertz CT molecular complexity index is 826. The van der Waals surface area contributed by atoms with Gasteiger partial charge in [0.25, 0.3) is 0 Å². The zero-order chi connectivity index (χ0) is 15.5. The molecule has 0 radical (unpaired) electrons. The molecule has 110 valence electrons. The normalized spacial score (nSPS) is 10.6. The van der Waals surface area contributed by atoms with Crippen LogP contribution in [0.2, 0.25) is 5.02 Å². The predicted molar refractivity (Wildman–Crippen MR) is 86.6 cm³/mol. The lowest BCUT2D eigenvalue weighted by Gasteiger charge is -2.11. The van der Waals surface area contributed by atoms with E-state index >= 15 is 0 Å². The second kappa shape index (κ2) is 6.12. The van der Waals surface area contributed by atoms with Gasteiger partial charge in [0, 0.05) is 10.6 Å². The standard InChI is InChI=1S/C17H14ClN3O/c1-2-12-6-3-4-9-16(12)21-17(15(11-22)19-20-21)13-7-5-8-14(18)10-13/h3-11H,2H2,1H3. The number of halogens is 1. The highest BCUT2D eigenvalue weighted by atomic mass is 35.5. The molecule has 0 aliphatic heterocycles. The van der Waals surface area contributed by atoms with Gasteiger partial charge in [0.15, 0.2) is 12.0 Å². The van der Waals surface area contributed by atoms with Gasteiger partial charge >= 0.3 is 0 Å².